The Bertz CT molecular complexity index is 990. The van der Waals surface area contributed by atoms with Crippen LogP contribution in [-0.4, -0.2) is 41.7 Å². The molecule has 0 aromatic heterocycles. The minimum atomic E-state index is -3.88. The van der Waals surface area contributed by atoms with Gasteiger partial charge in [-0.1, -0.05) is 6.07 Å². The minimum Gasteiger partial charge on any atom is -0.496 e. The fraction of sp³-hybridized carbons (Fsp3) is 0.316. The van der Waals surface area contributed by atoms with Crippen LogP contribution >= 0.6 is 0 Å². The molecule has 2 aromatic carbocycles. The third-order valence-electron chi connectivity index (χ3n) is 4.35. The van der Waals surface area contributed by atoms with Crippen molar-refractivity contribution in [1.29, 1.82) is 0 Å². The lowest BCUT2D eigenvalue weighted by Gasteiger charge is -2.21. The van der Waals surface area contributed by atoms with E-state index in [0.29, 0.717) is 24.7 Å². The quantitative estimate of drug-likeness (QED) is 0.759. The molecule has 0 spiro atoms. The second-order valence-corrected chi connectivity index (χ2v) is 7.90. The van der Waals surface area contributed by atoms with E-state index in [1.165, 1.54) is 32.4 Å². The lowest BCUT2D eigenvalue weighted by atomic mass is 10.1. The Morgan fingerprint density at radius 2 is 1.82 bits per heavy atom. The zero-order valence-corrected chi connectivity index (χ0v) is 16.6. The summed E-state index contributed by atoms with van der Waals surface area (Å²) >= 11 is 0. The fourth-order valence-corrected chi connectivity index (χ4v) is 4.12. The first kappa shape index (κ1) is 20.0. The van der Waals surface area contributed by atoms with E-state index in [-0.39, 0.29) is 16.2 Å². The van der Waals surface area contributed by atoms with Crippen molar-refractivity contribution in [2.45, 2.75) is 17.9 Å². The van der Waals surface area contributed by atoms with Crippen molar-refractivity contribution in [2.24, 2.45) is 0 Å². The molecule has 0 unspecified atom stereocenters. The number of carbonyl (C=O) groups excluding carboxylic acids is 1. The van der Waals surface area contributed by atoms with Crippen molar-refractivity contribution in [3.63, 3.8) is 0 Å². The third kappa shape index (κ3) is 4.05. The number of hydrogen-bond donors (Lipinski definition) is 2. The number of amides is 1. The molecule has 0 radical (unpaired) electrons. The molecule has 1 amide bonds. The largest absolute Gasteiger partial charge is 0.496 e. The maximum atomic E-state index is 12.8. The predicted molar refractivity (Wildman–Crippen MR) is 103 cm³/mol. The van der Waals surface area contributed by atoms with Crippen LogP contribution in [0.25, 0.3) is 0 Å². The standard InChI is InChI=1S/C19H22N2O6S/c1-12(13-4-6-17-18(10-13)27-9-8-26-17)21-28(23,24)14-5-7-16(25-3)15(11-14)19(22)20-2/h4-7,10-12,21H,8-9H2,1-3H3,(H,20,22)/t12-/m1/s1. The van der Waals surface area contributed by atoms with E-state index in [1.807, 2.05) is 0 Å². The average molecular weight is 406 g/mol. The lowest BCUT2D eigenvalue weighted by molar-refractivity contribution is 0.0960. The van der Waals surface area contributed by atoms with E-state index in [4.69, 9.17) is 14.2 Å². The number of carbonyl (C=O) groups is 1. The monoisotopic (exact) mass is 406 g/mol. The molecule has 9 heteroatoms. The summed E-state index contributed by atoms with van der Waals surface area (Å²) in [4.78, 5) is 12.0. The van der Waals surface area contributed by atoms with Crippen LogP contribution in [0.1, 0.15) is 28.9 Å². The molecule has 0 aliphatic carbocycles. The van der Waals surface area contributed by atoms with Gasteiger partial charge in [0, 0.05) is 13.1 Å². The SMILES string of the molecule is CNC(=O)c1cc(S(=O)(=O)N[C@H](C)c2ccc3c(c2)OCCO3)ccc1OC. The molecule has 2 N–H and O–H groups in total. The summed E-state index contributed by atoms with van der Waals surface area (Å²) in [5.74, 6) is 1.07. The van der Waals surface area contributed by atoms with E-state index in [0.717, 1.165) is 5.56 Å². The molecule has 150 valence electrons. The Morgan fingerprint density at radius 1 is 1.11 bits per heavy atom. The zero-order valence-electron chi connectivity index (χ0n) is 15.8. The number of nitrogens with one attached hydrogen (secondary N) is 2. The Balaban J connectivity index is 1.86. The van der Waals surface area contributed by atoms with Gasteiger partial charge in [0.15, 0.2) is 11.5 Å². The molecule has 3 rings (SSSR count). The first-order valence-corrected chi connectivity index (χ1v) is 10.2. The molecule has 1 aliphatic heterocycles. The molecule has 1 atom stereocenters. The van der Waals surface area contributed by atoms with Crippen LogP contribution in [0.15, 0.2) is 41.3 Å². The van der Waals surface area contributed by atoms with Crippen molar-refractivity contribution < 1.29 is 27.4 Å². The maximum absolute atomic E-state index is 12.8. The van der Waals surface area contributed by atoms with Crippen molar-refractivity contribution >= 4 is 15.9 Å². The Hall–Kier alpha value is -2.78. The molecule has 0 bridgehead atoms. The van der Waals surface area contributed by atoms with Crippen LogP contribution in [0.4, 0.5) is 0 Å². The number of hydrogen-bond acceptors (Lipinski definition) is 6. The van der Waals surface area contributed by atoms with E-state index in [2.05, 4.69) is 10.0 Å². The summed E-state index contributed by atoms with van der Waals surface area (Å²) in [5, 5.41) is 2.47. The van der Waals surface area contributed by atoms with E-state index in [1.54, 1.807) is 25.1 Å². The van der Waals surface area contributed by atoms with Crippen molar-refractivity contribution in [1.82, 2.24) is 10.0 Å². The van der Waals surface area contributed by atoms with E-state index in [9.17, 15) is 13.2 Å². The highest BCUT2D eigenvalue weighted by Crippen LogP contribution is 2.33. The van der Waals surface area contributed by atoms with Gasteiger partial charge >= 0.3 is 0 Å². The Kier molecular flexibility index (Phi) is 5.76. The highest BCUT2D eigenvalue weighted by atomic mass is 32.2. The topological polar surface area (TPSA) is 103 Å². The molecule has 1 aliphatic rings. The van der Waals surface area contributed by atoms with Crippen LogP contribution in [-0.2, 0) is 10.0 Å². The number of fused-ring (bicyclic) bond motifs is 1. The highest BCUT2D eigenvalue weighted by Gasteiger charge is 2.23. The normalized spacial score (nSPS) is 14.2. The maximum Gasteiger partial charge on any atom is 0.254 e. The smallest absolute Gasteiger partial charge is 0.254 e. The highest BCUT2D eigenvalue weighted by molar-refractivity contribution is 7.89. The second kappa shape index (κ2) is 8.07. The molecular weight excluding hydrogens is 384 g/mol. The van der Waals surface area contributed by atoms with Gasteiger partial charge in [0.25, 0.3) is 5.91 Å². The van der Waals surface area contributed by atoms with Crippen LogP contribution in [0, 0.1) is 0 Å². The molecule has 2 aromatic rings. The van der Waals surface area contributed by atoms with Crippen molar-refractivity contribution in [3.05, 3.63) is 47.5 Å². The number of ether oxygens (including phenoxy) is 3. The summed E-state index contributed by atoms with van der Waals surface area (Å²) < 4.78 is 44.4. The van der Waals surface area contributed by atoms with Crippen LogP contribution in [0.3, 0.4) is 0 Å². The van der Waals surface area contributed by atoms with Crippen molar-refractivity contribution in [2.75, 3.05) is 27.4 Å². The van der Waals surface area contributed by atoms with Crippen molar-refractivity contribution in [3.8, 4) is 17.2 Å². The van der Waals surface area contributed by atoms with Gasteiger partial charge in [-0.05, 0) is 42.8 Å². The predicted octanol–water partition coefficient (Wildman–Crippen LogP) is 1.87. The minimum absolute atomic E-state index is 0.0312. The van der Waals surface area contributed by atoms with Gasteiger partial charge in [0.05, 0.1) is 17.6 Å². The van der Waals surface area contributed by atoms with E-state index < -0.39 is 22.0 Å². The summed E-state index contributed by atoms with van der Waals surface area (Å²) in [7, 11) is -0.998. The van der Waals surface area contributed by atoms with Gasteiger partial charge in [-0.3, -0.25) is 4.79 Å². The second-order valence-electron chi connectivity index (χ2n) is 6.19. The number of methoxy groups -OCH3 is 1. The molecule has 0 saturated carbocycles. The summed E-state index contributed by atoms with van der Waals surface area (Å²) in [6.07, 6.45) is 0. The Morgan fingerprint density at radius 3 is 2.50 bits per heavy atom. The first-order chi connectivity index (χ1) is 13.4. The number of benzene rings is 2. The number of rotatable bonds is 6. The molecular formula is C19H22N2O6S. The Labute approximate surface area is 163 Å². The lowest BCUT2D eigenvalue weighted by Crippen LogP contribution is -2.28. The summed E-state index contributed by atoms with van der Waals surface area (Å²) in [6.45, 7) is 2.66. The van der Waals surface area contributed by atoms with Gasteiger partial charge in [0.1, 0.15) is 19.0 Å². The number of sulfonamides is 1. The van der Waals surface area contributed by atoms with Gasteiger partial charge in [-0.25, -0.2) is 13.1 Å². The molecule has 8 nitrogen and oxygen atoms in total. The molecule has 1 heterocycles. The molecule has 28 heavy (non-hydrogen) atoms. The third-order valence-corrected chi connectivity index (χ3v) is 5.89. The van der Waals surface area contributed by atoms with Gasteiger partial charge in [-0.2, -0.15) is 0 Å². The van der Waals surface area contributed by atoms with Gasteiger partial charge in [0.2, 0.25) is 10.0 Å². The van der Waals surface area contributed by atoms with E-state index >= 15 is 0 Å². The zero-order chi connectivity index (χ0) is 20.3. The van der Waals surface area contributed by atoms with Crippen LogP contribution < -0.4 is 24.2 Å². The summed E-state index contributed by atoms with van der Waals surface area (Å²) in [6, 6.07) is 8.91. The fourth-order valence-electron chi connectivity index (χ4n) is 2.86. The first-order valence-electron chi connectivity index (χ1n) is 8.67. The van der Waals surface area contributed by atoms with Gasteiger partial charge < -0.3 is 19.5 Å². The average Bonchev–Trinajstić information content (AvgIpc) is 2.71. The molecule has 0 fully saturated rings. The summed E-state index contributed by atoms with van der Waals surface area (Å²) in [5.41, 5.74) is 0.868. The molecule has 0 saturated heterocycles. The van der Waals surface area contributed by atoms with Crippen LogP contribution in [0.5, 0.6) is 17.2 Å². The van der Waals surface area contributed by atoms with Crippen LogP contribution in [0.2, 0.25) is 0 Å². The van der Waals surface area contributed by atoms with Gasteiger partial charge in [-0.15, -0.1) is 0 Å².